The van der Waals surface area contributed by atoms with Gasteiger partial charge in [0.05, 0.1) is 0 Å². The minimum Gasteiger partial charge on any atom is -0.372 e. The van der Waals surface area contributed by atoms with E-state index in [1.807, 2.05) is 12.2 Å². The monoisotopic (exact) mass is 431 g/mol. The Balaban J connectivity index is 1.81. The molecule has 170 valence electrons. The fourth-order valence-electron chi connectivity index (χ4n) is 4.35. The summed E-state index contributed by atoms with van der Waals surface area (Å²) in [5.74, 6) is 0.156. The summed E-state index contributed by atoms with van der Waals surface area (Å²) in [6, 6.07) is 17.0. The molecule has 0 aromatic heterocycles. The van der Waals surface area contributed by atoms with Gasteiger partial charge in [0.1, 0.15) is 0 Å². The minimum atomic E-state index is 0.156. The van der Waals surface area contributed by atoms with Gasteiger partial charge in [0.2, 0.25) is 0 Å². The van der Waals surface area contributed by atoms with Crippen LogP contribution in [0, 0.1) is 0 Å². The molecular formula is C28H37N3O. The zero-order valence-corrected chi connectivity index (χ0v) is 20.3. The Labute approximate surface area is 193 Å². The summed E-state index contributed by atoms with van der Waals surface area (Å²) >= 11 is 0. The van der Waals surface area contributed by atoms with E-state index < -0.39 is 0 Å². The number of piperidine rings is 1. The van der Waals surface area contributed by atoms with Gasteiger partial charge in [0, 0.05) is 61.8 Å². The largest absolute Gasteiger partial charge is 0.372 e. The van der Waals surface area contributed by atoms with Crippen molar-refractivity contribution >= 4 is 29.3 Å². The predicted octanol–water partition coefficient (Wildman–Crippen LogP) is 5.36. The molecule has 2 aromatic rings. The van der Waals surface area contributed by atoms with Crippen molar-refractivity contribution in [1.82, 2.24) is 4.90 Å². The molecule has 1 aliphatic rings. The SMILES string of the molecule is CCN(CC)c1ccc(/C=C2\CN(C)C/C(=C\c3ccc(N(CC)CC)cc3)C2=O)cc1. The van der Waals surface area contributed by atoms with Crippen LogP contribution in [0.2, 0.25) is 0 Å². The van der Waals surface area contributed by atoms with E-state index in [0.29, 0.717) is 13.1 Å². The Bertz CT molecular complexity index is 872. The lowest BCUT2D eigenvalue weighted by atomic mass is 9.94. The second-order valence-corrected chi connectivity index (χ2v) is 8.37. The summed E-state index contributed by atoms with van der Waals surface area (Å²) in [6.07, 6.45) is 4.09. The molecule has 0 unspecified atom stereocenters. The average molecular weight is 432 g/mol. The highest BCUT2D eigenvalue weighted by Gasteiger charge is 2.24. The maximum Gasteiger partial charge on any atom is 0.187 e. The van der Waals surface area contributed by atoms with E-state index in [9.17, 15) is 4.79 Å². The lowest BCUT2D eigenvalue weighted by molar-refractivity contribution is -0.113. The topological polar surface area (TPSA) is 26.8 Å². The van der Waals surface area contributed by atoms with Crippen LogP contribution >= 0.6 is 0 Å². The fraction of sp³-hybridized carbons (Fsp3) is 0.393. The molecule has 0 bridgehead atoms. The van der Waals surface area contributed by atoms with Gasteiger partial charge < -0.3 is 9.80 Å². The second kappa shape index (κ2) is 11.1. The molecule has 1 heterocycles. The smallest absolute Gasteiger partial charge is 0.187 e. The van der Waals surface area contributed by atoms with Gasteiger partial charge >= 0.3 is 0 Å². The Hall–Kier alpha value is -2.85. The van der Waals surface area contributed by atoms with E-state index in [4.69, 9.17) is 0 Å². The standard InChI is InChI=1S/C28H37N3O/c1-6-30(7-2)26-14-10-22(11-15-26)18-24-20-29(5)21-25(28(24)32)19-23-12-16-27(17-13-23)31(8-3)9-4/h10-19H,6-9,20-21H2,1-5H3/b24-18+,25-19+. The lowest BCUT2D eigenvalue weighted by Gasteiger charge is -2.26. The second-order valence-electron chi connectivity index (χ2n) is 8.37. The third-order valence-electron chi connectivity index (χ3n) is 6.19. The Kier molecular flexibility index (Phi) is 8.29. The molecule has 0 spiro atoms. The van der Waals surface area contributed by atoms with E-state index in [2.05, 4.69) is 98.0 Å². The van der Waals surface area contributed by atoms with Crippen LogP contribution in [0.5, 0.6) is 0 Å². The molecule has 1 saturated heterocycles. The number of likely N-dealkylation sites (tertiary alicyclic amines) is 1. The van der Waals surface area contributed by atoms with Crippen LogP contribution in [0.3, 0.4) is 0 Å². The first-order chi connectivity index (χ1) is 15.5. The minimum absolute atomic E-state index is 0.156. The van der Waals surface area contributed by atoms with E-state index in [-0.39, 0.29) is 5.78 Å². The number of anilines is 2. The number of nitrogens with zero attached hydrogens (tertiary/aromatic N) is 3. The number of ketones is 1. The Morgan fingerprint density at radius 2 is 1.03 bits per heavy atom. The number of carbonyl (C=O) groups excluding carboxylic acids is 1. The number of carbonyl (C=O) groups is 1. The van der Waals surface area contributed by atoms with Crippen LogP contribution < -0.4 is 9.80 Å². The summed E-state index contributed by atoms with van der Waals surface area (Å²) in [6.45, 7) is 14.0. The van der Waals surface area contributed by atoms with Crippen LogP contribution in [0.25, 0.3) is 12.2 Å². The van der Waals surface area contributed by atoms with Crippen molar-refractivity contribution in [2.75, 3.05) is 56.1 Å². The highest BCUT2D eigenvalue weighted by molar-refractivity contribution is 6.14. The zero-order chi connectivity index (χ0) is 23.1. The summed E-state index contributed by atoms with van der Waals surface area (Å²) in [5.41, 5.74) is 6.28. The van der Waals surface area contributed by atoms with Crippen molar-refractivity contribution in [1.29, 1.82) is 0 Å². The number of rotatable bonds is 8. The highest BCUT2D eigenvalue weighted by Crippen LogP contribution is 2.23. The third-order valence-corrected chi connectivity index (χ3v) is 6.19. The van der Waals surface area contributed by atoms with Crippen molar-refractivity contribution in [3.05, 3.63) is 70.8 Å². The van der Waals surface area contributed by atoms with Gasteiger partial charge in [0.25, 0.3) is 0 Å². The number of hydrogen-bond donors (Lipinski definition) is 0. The van der Waals surface area contributed by atoms with Crippen molar-refractivity contribution in [2.24, 2.45) is 0 Å². The highest BCUT2D eigenvalue weighted by atomic mass is 16.1. The van der Waals surface area contributed by atoms with E-state index in [0.717, 1.165) is 48.5 Å². The summed E-state index contributed by atoms with van der Waals surface area (Å²) in [4.78, 5) is 20.1. The van der Waals surface area contributed by atoms with Gasteiger partial charge in [-0.15, -0.1) is 0 Å². The van der Waals surface area contributed by atoms with Crippen LogP contribution in [-0.4, -0.2) is 57.0 Å². The molecular weight excluding hydrogens is 394 g/mol. The molecule has 1 fully saturated rings. The average Bonchev–Trinajstić information content (AvgIpc) is 2.80. The van der Waals surface area contributed by atoms with Crippen molar-refractivity contribution in [2.45, 2.75) is 27.7 Å². The lowest BCUT2D eigenvalue weighted by Crippen LogP contribution is -2.34. The van der Waals surface area contributed by atoms with Crippen LogP contribution in [0.4, 0.5) is 11.4 Å². The van der Waals surface area contributed by atoms with Gasteiger partial charge in [-0.25, -0.2) is 0 Å². The molecule has 3 rings (SSSR count). The molecule has 32 heavy (non-hydrogen) atoms. The van der Waals surface area contributed by atoms with Crippen LogP contribution in [0.15, 0.2) is 59.7 Å². The number of hydrogen-bond acceptors (Lipinski definition) is 4. The summed E-state index contributed by atoms with van der Waals surface area (Å²) in [7, 11) is 2.07. The Morgan fingerprint density at radius 1 is 0.688 bits per heavy atom. The molecule has 2 aromatic carbocycles. The summed E-state index contributed by atoms with van der Waals surface area (Å²) < 4.78 is 0. The first kappa shape index (κ1) is 23.8. The van der Waals surface area contributed by atoms with Crippen molar-refractivity contribution in [3.63, 3.8) is 0 Å². The molecule has 0 saturated carbocycles. The van der Waals surface area contributed by atoms with Gasteiger partial charge in [-0.05, 0) is 82.3 Å². The van der Waals surface area contributed by atoms with Crippen LogP contribution in [0.1, 0.15) is 38.8 Å². The summed E-state index contributed by atoms with van der Waals surface area (Å²) in [5, 5.41) is 0. The van der Waals surface area contributed by atoms with Gasteiger partial charge in [0.15, 0.2) is 5.78 Å². The van der Waals surface area contributed by atoms with Crippen LogP contribution in [-0.2, 0) is 4.79 Å². The molecule has 0 N–H and O–H groups in total. The number of likely N-dealkylation sites (N-methyl/N-ethyl adjacent to an activating group) is 1. The molecule has 0 radical (unpaired) electrons. The molecule has 4 nitrogen and oxygen atoms in total. The van der Waals surface area contributed by atoms with Gasteiger partial charge in [-0.1, -0.05) is 24.3 Å². The normalized spacial score (nSPS) is 17.2. The first-order valence-electron chi connectivity index (χ1n) is 11.8. The van der Waals surface area contributed by atoms with Crippen molar-refractivity contribution in [3.8, 4) is 0 Å². The maximum atomic E-state index is 13.2. The molecule has 4 heteroatoms. The number of Topliss-reactive ketones (excluding diaryl/α,β-unsaturated/α-hetero) is 1. The number of benzene rings is 2. The molecule has 0 aliphatic carbocycles. The van der Waals surface area contributed by atoms with Gasteiger partial charge in [-0.2, -0.15) is 0 Å². The van der Waals surface area contributed by atoms with Crippen molar-refractivity contribution < 1.29 is 4.79 Å². The van der Waals surface area contributed by atoms with E-state index in [1.54, 1.807) is 0 Å². The Morgan fingerprint density at radius 3 is 1.34 bits per heavy atom. The molecule has 1 aliphatic heterocycles. The fourth-order valence-corrected chi connectivity index (χ4v) is 4.35. The third kappa shape index (κ3) is 5.68. The zero-order valence-electron chi connectivity index (χ0n) is 20.3. The quantitative estimate of drug-likeness (QED) is 0.526. The molecule has 0 amide bonds. The molecule has 0 atom stereocenters. The maximum absolute atomic E-state index is 13.2. The predicted molar refractivity (Wildman–Crippen MR) is 138 cm³/mol. The van der Waals surface area contributed by atoms with E-state index >= 15 is 0 Å². The van der Waals surface area contributed by atoms with Gasteiger partial charge in [-0.3, -0.25) is 9.69 Å². The first-order valence-corrected chi connectivity index (χ1v) is 11.8. The van der Waals surface area contributed by atoms with E-state index in [1.165, 1.54) is 11.4 Å².